The van der Waals surface area contributed by atoms with Crippen LogP contribution < -0.4 is 10.1 Å². The van der Waals surface area contributed by atoms with Crippen molar-refractivity contribution in [3.8, 4) is 6.01 Å². The first-order valence-electron chi connectivity index (χ1n) is 9.90. The SMILES string of the molecule is Cc1cc(C)nc(OC2CCC(NC(=O)Cc3c[nH]c4ccccc34)CC2)n1. The Morgan fingerprint density at radius 2 is 1.86 bits per heavy atom. The molecule has 6 nitrogen and oxygen atoms in total. The molecule has 1 aliphatic carbocycles. The molecule has 1 fully saturated rings. The Kier molecular flexibility index (Phi) is 5.28. The van der Waals surface area contributed by atoms with Gasteiger partial charge in [-0.05, 0) is 57.2 Å². The Balaban J connectivity index is 1.27. The van der Waals surface area contributed by atoms with E-state index >= 15 is 0 Å². The Hall–Kier alpha value is -2.89. The molecule has 6 heteroatoms. The number of amides is 1. The van der Waals surface area contributed by atoms with Crippen LogP contribution in [0.2, 0.25) is 0 Å². The normalized spacial score (nSPS) is 19.5. The molecule has 28 heavy (non-hydrogen) atoms. The smallest absolute Gasteiger partial charge is 0.317 e. The van der Waals surface area contributed by atoms with E-state index in [-0.39, 0.29) is 18.1 Å². The lowest BCUT2D eigenvalue weighted by Gasteiger charge is -2.29. The van der Waals surface area contributed by atoms with Gasteiger partial charge in [-0.1, -0.05) is 18.2 Å². The van der Waals surface area contributed by atoms with Crippen molar-refractivity contribution < 1.29 is 9.53 Å². The lowest BCUT2D eigenvalue weighted by Crippen LogP contribution is -2.40. The number of rotatable bonds is 5. The second kappa shape index (κ2) is 8.00. The number of para-hydroxylation sites is 1. The van der Waals surface area contributed by atoms with Crippen LogP contribution in [0.5, 0.6) is 6.01 Å². The Labute approximate surface area is 164 Å². The van der Waals surface area contributed by atoms with E-state index in [1.807, 2.05) is 50.4 Å². The van der Waals surface area contributed by atoms with Gasteiger partial charge in [0.15, 0.2) is 0 Å². The van der Waals surface area contributed by atoms with Crippen LogP contribution in [-0.4, -0.2) is 33.0 Å². The van der Waals surface area contributed by atoms with E-state index in [0.29, 0.717) is 12.4 Å². The molecule has 3 aromatic rings. The van der Waals surface area contributed by atoms with Crippen molar-refractivity contribution in [1.29, 1.82) is 0 Å². The van der Waals surface area contributed by atoms with Crippen LogP contribution in [0.4, 0.5) is 0 Å². The molecule has 1 saturated carbocycles. The third-order valence-corrected chi connectivity index (χ3v) is 5.30. The molecule has 0 aliphatic heterocycles. The maximum atomic E-state index is 12.5. The molecule has 0 unspecified atom stereocenters. The van der Waals surface area contributed by atoms with Crippen LogP contribution in [0.15, 0.2) is 36.5 Å². The number of fused-ring (bicyclic) bond motifs is 1. The molecular weight excluding hydrogens is 352 g/mol. The predicted octanol–water partition coefficient (Wildman–Crippen LogP) is 3.62. The van der Waals surface area contributed by atoms with E-state index in [2.05, 4.69) is 20.3 Å². The van der Waals surface area contributed by atoms with Gasteiger partial charge in [-0.25, -0.2) is 9.97 Å². The van der Waals surface area contributed by atoms with E-state index in [9.17, 15) is 4.79 Å². The van der Waals surface area contributed by atoms with Gasteiger partial charge in [0.25, 0.3) is 0 Å². The first-order valence-corrected chi connectivity index (χ1v) is 9.90. The van der Waals surface area contributed by atoms with Crippen LogP contribution >= 0.6 is 0 Å². The zero-order valence-corrected chi connectivity index (χ0v) is 16.4. The predicted molar refractivity (Wildman–Crippen MR) is 108 cm³/mol. The van der Waals surface area contributed by atoms with Gasteiger partial charge in [0.2, 0.25) is 5.91 Å². The van der Waals surface area contributed by atoms with Crippen molar-refractivity contribution in [3.63, 3.8) is 0 Å². The fourth-order valence-electron chi connectivity index (χ4n) is 3.95. The van der Waals surface area contributed by atoms with Crippen molar-refractivity contribution in [2.24, 2.45) is 0 Å². The van der Waals surface area contributed by atoms with Crippen molar-refractivity contribution >= 4 is 16.8 Å². The number of carbonyl (C=O) groups excluding carboxylic acids is 1. The van der Waals surface area contributed by atoms with Crippen molar-refractivity contribution in [2.45, 2.75) is 58.1 Å². The van der Waals surface area contributed by atoms with E-state index in [0.717, 1.165) is 53.5 Å². The van der Waals surface area contributed by atoms with Gasteiger partial charge in [0.1, 0.15) is 6.10 Å². The van der Waals surface area contributed by atoms with Crippen molar-refractivity contribution in [1.82, 2.24) is 20.3 Å². The maximum absolute atomic E-state index is 12.5. The van der Waals surface area contributed by atoms with Crippen LogP contribution in [0.25, 0.3) is 10.9 Å². The van der Waals surface area contributed by atoms with Crippen LogP contribution in [0.3, 0.4) is 0 Å². The minimum atomic E-state index is 0.0757. The van der Waals surface area contributed by atoms with E-state index < -0.39 is 0 Å². The topological polar surface area (TPSA) is 79.9 Å². The summed E-state index contributed by atoms with van der Waals surface area (Å²) in [5.41, 5.74) is 3.94. The summed E-state index contributed by atoms with van der Waals surface area (Å²) in [6.07, 6.45) is 6.06. The van der Waals surface area contributed by atoms with Gasteiger partial charge in [-0.2, -0.15) is 0 Å². The molecule has 0 saturated heterocycles. The van der Waals surface area contributed by atoms with Gasteiger partial charge < -0.3 is 15.0 Å². The number of aryl methyl sites for hydroxylation is 2. The minimum Gasteiger partial charge on any atom is -0.460 e. The summed E-state index contributed by atoms with van der Waals surface area (Å²) in [4.78, 5) is 24.4. The molecule has 0 spiro atoms. The summed E-state index contributed by atoms with van der Waals surface area (Å²) >= 11 is 0. The zero-order valence-electron chi connectivity index (χ0n) is 16.4. The number of carbonyl (C=O) groups is 1. The van der Waals surface area contributed by atoms with E-state index in [1.165, 1.54) is 0 Å². The van der Waals surface area contributed by atoms with Crippen LogP contribution in [0.1, 0.15) is 42.6 Å². The molecule has 2 N–H and O–H groups in total. The van der Waals surface area contributed by atoms with Crippen LogP contribution in [-0.2, 0) is 11.2 Å². The number of aromatic amines is 1. The van der Waals surface area contributed by atoms with Gasteiger partial charge in [-0.15, -0.1) is 0 Å². The lowest BCUT2D eigenvalue weighted by atomic mass is 9.93. The fraction of sp³-hybridized carbons (Fsp3) is 0.409. The Morgan fingerprint density at radius 1 is 1.14 bits per heavy atom. The number of benzene rings is 1. The number of hydrogen-bond donors (Lipinski definition) is 2. The quantitative estimate of drug-likeness (QED) is 0.711. The van der Waals surface area contributed by atoms with E-state index in [4.69, 9.17) is 4.74 Å². The third kappa shape index (κ3) is 4.32. The molecular formula is C22H26N4O2. The average Bonchev–Trinajstić information content (AvgIpc) is 3.05. The second-order valence-electron chi connectivity index (χ2n) is 7.63. The highest BCUT2D eigenvalue weighted by molar-refractivity contribution is 5.88. The number of aromatic nitrogens is 3. The molecule has 4 rings (SSSR count). The minimum absolute atomic E-state index is 0.0757. The molecule has 0 radical (unpaired) electrons. The van der Waals surface area contributed by atoms with Crippen molar-refractivity contribution in [3.05, 3.63) is 53.5 Å². The summed E-state index contributed by atoms with van der Waals surface area (Å²) < 4.78 is 5.96. The van der Waals surface area contributed by atoms with Gasteiger partial charge in [-0.3, -0.25) is 4.79 Å². The largest absolute Gasteiger partial charge is 0.460 e. The summed E-state index contributed by atoms with van der Waals surface area (Å²) in [6.45, 7) is 3.89. The number of H-pyrrole nitrogens is 1. The van der Waals surface area contributed by atoms with Gasteiger partial charge in [0.05, 0.1) is 6.42 Å². The lowest BCUT2D eigenvalue weighted by molar-refractivity contribution is -0.121. The van der Waals surface area contributed by atoms with Gasteiger partial charge in [0, 0.05) is 34.5 Å². The first-order chi connectivity index (χ1) is 13.6. The number of nitrogens with one attached hydrogen (secondary N) is 2. The molecule has 1 amide bonds. The Morgan fingerprint density at radius 3 is 2.61 bits per heavy atom. The molecule has 2 heterocycles. The van der Waals surface area contributed by atoms with E-state index in [1.54, 1.807) is 0 Å². The first kappa shape index (κ1) is 18.5. The highest BCUT2D eigenvalue weighted by atomic mass is 16.5. The molecule has 1 aromatic carbocycles. The fourth-order valence-corrected chi connectivity index (χ4v) is 3.95. The summed E-state index contributed by atoms with van der Waals surface area (Å²) in [6, 6.07) is 10.7. The Bertz CT molecular complexity index is 953. The number of nitrogens with zero attached hydrogens (tertiary/aromatic N) is 2. The highest BCUT2D eigenvalue weighted by Gasteiger charge is 2.24. The molecule has 1 aliphatic rings. The zero-order chi connectivity index (χ0) is 19.5. The highest BCUT2D eigenvalue weighted by Crippen LogP contribution is 2.23. The van der Waals surface area contributed by atoms with Gasteiger partial charge >= 0.3 is 6.01 Å². The third-order valence-electron chi connectivity index (χ3n) is 5.30. The molecule has 2 aromatic heterocycles. The molecule has 146 valence electrons. The second-order valence-corrected chi connectivity index (χ2v) is 7.63. The molecule has 0 atom stereocenters. The monoisotopic (exact) mass is 378 g/mol. The summed E-state index contributed by atoms with van der Waals surface area (Å²) in [5.74, 6) is 0.0757. The molecule has 0 bridgehead atoms. The number of ether oxygens (including phenoxy) is 1. The standard InChI is InChI=1S/C22H26N4O2/c1-14-11-15(2)25-22(24-14)28-18-9-7-17(8-10-18)26-21(27)12-16-13-23-20-6-4-3-5-19(16)20/h3-6,11,13,17-18,23H,7-10,12H2,1-2H3,(H,26,27). The van der Waals surface area contributed by atoms with Crippen molar-refractivity contribution in [2.75, 3.05) is 0 Å². The average molecular weight is 378 g/mol. The van der Waals surface area contributed by atoms with Crippen LogP contribution in [0, 0.1) is 13.8 Å². The summed E-state index contributed by atoms with van der Waals surface area (Å²) in [7, 11) is 0. The summed E-state index contributed by atoms with van der Waals surface area (Å²) in [5, 5.41) is 4.30. The maximum Gasteiger partial charge on any atom is 0.317 e. The number of hydrogen-bond acceptors (Lipinski definition) is 4.